The normalized spacial score (nSPS) is 10.6. The molecule has 0 radical (unpaired) electrons. The molecule has 0 aliphatic heterocycles. The summed E-state index contributed by atoms with van der Waals surface area (Å²) < 4.78 is 5.67. The Morgan fingerprint density at radius 1 is 1.25 bits per heavy atom. The van der Waals surface area contributed by atoms with Gasteiger partial charge in [0.2, 0.25) is 5.91 Å². The molecule has 4 heteroatoms. The van der Waals surface area contributed by atoms with Gasteiger partial charge < -0.3 is 10.5 Å². The Hall–Kier alpha value is -2.62. The van der Waals surface area contributed by atoms with Gasteiger partial charge in [-0.2, -0.15) is 0 Å². The fourth-order valence-corrected chi connectivity index (χ4v) is 1.66. The molecule has 0 saturated carbocycles. The first-order chi connectivity index (χ1) is 9.74. The highest BCUT2D eigenvalue weighted by molar-refractivity contribution is 5.76. The molecule has 1 aromatic carbocycles. The quantitative estimate of drug-likeness (QED) is 0.875. The van der Waals surface area contributed by atoms with Gasteiger partial charge in [0.15, 0.2) is 0 Å². The minimum absolute atomic E-state index is 0.217. The standard InChI is InChI=1S/C16H16N2O2/c17-16(19)8-4-7-14-9-15(11-18-10-14)20-12-13-5-2-1-3-6-13/h1-7,9-11H,8,12H2,(H2,17,19). The molecule has 0 fully saturated rings. The maximum absolute atomic E-state index is 10.6. The average Bonchev–Trinajstić information content (AvgIpc) is 2.46. The van der Waals surface area contributed by atoms with Crippen LogP contribution in [0.1, 0.15) is 17.5 Å². The average molecular weight is 268 g/mol. The Morgan fingerprint density at radius 3 is 2.80 bits per heavy atom. The highest BCUT2D eigenvalue weighted by atomic mass is 16.5. The van der Waals surface area contributed by atoms with Crippen LogP contribution in [0.2, 0.25) is 0 Å². The fraction of sp³-hybridized carbons (Fsp3) is 0.125. The van der Waals surface area contributed by atoms with Crippen LogP contribution in [0, 0.1) is 0 Å². The lowest BCUT2D eigenvalue weighted by atomic mass is 10.2. The zero-order valence-electron chi connectivity index (χ0n) is 11.0. The van der Waals surface area contributed by atoms with Gasteiger partial charge in [0, 0.05) is 12.6 Å². The van der Waals surface area contributed by atoms with E-state index in [0.29, 0.717) is 12.4 Å². The molecule has 2 N–H and O–H groups in total. The molecule has 0 saturated heterocycles. The van der Waals surface area contributed by atoms with Gasteiger partial charge in [0.05, 0.1) is 6.20 Å². The second-order valence-corrected chi connectivity index (χ2v) is 4.30. The molecule has 2 aromatic rings. The van der Waals surface area contributed by atoms with Crippen molar-refractivity contribution in [2.45, 2.75) is 13.0 Å². The second kappa shape index (κ2) is 7.09. The van der Waals surface area contributed by atoms with Crippen LogP contribution in [0.5, 0.6) is 5.75 Å². The zero-order chi connectivity index (χ0) is 14.2. The number of carbonyl (C=O) groups excluding carboxylic acids is 1. The summed E-state index contributed by atoms with van der Waals surface area (Å²) in [5.74, 6) is 0.334. The molecule has 0 spiro atoms. The number of rotatable bonds is 6. The lowest BCUT2D eigenvalue weighted by molar-refractivity contribution is -0.117. The highest BCUT2D eigenvalue weighted by Gasteiger charge is 1.97. The molecule has 4 nitrogen and oxygen atoms in total. The third-order valence-electron chi connectivity index (χ3n) is 2.61. The Labute approximate surface area is 117 Å². The number of benzene rings is 1. The molecule has 1 amide bonds. The molecule has 20 heavy (non-hydrogen) atoms. The van der Waals surface area contributed by atoms with Crippen molar-refractivity contribution >= 4 is 12.0 Å². The van der Waals surface area contributed by atoms with Gasteiger partial charge in [0.1, 0.15) is 12.4 Å². The van der Waals surface area contributed by atoms with E-state index >= 15 is 0 Å². The van der Waals surface area contributed by atoms with Crippen LogP contribution in [-0.4, -0.2) is 10.9 Å². The summed E-state index contributed by atoms with van der Waals surface area (Å²) in [4.78, 5) is 14.7. The number of hydrogen-bond donors (Lipinski definition) is 1. The van der Waals surface area contributed by atoms with Crippen LogP contribution in [0.15, 0.2) is 54.9 Å². The summed E-state index contributed by atoms with van der Waals surface area (Å²) in [6.07, 6.45) is 7.09. The second-order valence-electron chi connectivity index (χ2n) is 4.30. The SMILES string of the molecule is NC(=O)CC=Cc1cncc(OCc2ccccc2)c1. The van der Waals surface area contributed by atoms with Crippen LogP contribution >= 0.6 is 0 Å². The maximum atomic E-state index is 10.6. The fourth-order valence-electron chi connectivity index (χ4n) is 1.66. The number of nitrogens with zero attached hydrogens (tertiary/aromatic N) is 1. The Morgan fingerprint density at radius 2 is 2.05 bits per heavy atom. The largest absolute Gasteiger partial charge is 0.487 e. The van der Waals surface area contributed by atoms with Crippen molar-refractivity contribution < 1.29 is 9.53 Å². The number of aromatic nitrogens is 1. The number of carbonyl (C=O) groups is 1. The van der Waals surface area contributed by atoms with E-state index in [1.165, 1.54) is 0 Å². The number of amides is 1. The van der Waals surface area contributed by atoms with Gasteiger partial charge in [-0.15, -0.1) is 0 Å². The maximum Gasteiger partial charge on any atom is 0.221 e. The summed E-state index contributed by atoms with van der Waals surface area (Å²) >= 11 is 0. The number of nitrogens with two attached hydrogens (primary N) is 1. The monoisotopic (exact) mass is 268 g/mol. The summed E-state index contributed by atoms with van der Waals surface area (Å²) in [5.41, 5.74) is 7.04. The molecular formula is C16H16N2O2. The third-order valence-corrected chi connectivity index (χ3v) is 2.61. The minimum atomic E-state index is -0.356. The highest BCUT2D eigenvalue weighted by Crippen LogP contribution is 2.14. The van der Waals surface area contributed by atoms with E-state index in [0.717, 1.165) is 11.1 Å². The van der Waals surface area contributed by atoms with Crippen LogP contribution < -0.4 is 10.5 Å². The van der Waals surface area contributed by atoms with Crippen molar-refractivity contribution in [3.63, 3.8) is 0 Å². The van der Waals surface area contributed by atoms with Crippen molar-refractivity contribution in [2.75, 3.05) is 0 Å². The molecule has 0 atom stereocenters. The Balaban J connectivity index is 1.95. The van der Waals surface area contributed by atoms with Crippen molar-refractivity contribution in [1.82, 2.24) is 4.98 Å². The molecule has 2 rings (SSSR count). The molecule has 0 bridgehead atoms. The van der Waals surface area contributed by atoms with E-state index in [-0.39, 0.29) is 12.3 Å². The van der Waals surface area contributed by atoms with Crippen molar-refractivity contribution in [2.24, 2.45) is 5.73 Å². The summed E-state index contributed by atoms with van der Waals surface area (Å²) in [5, 5.41) is 0. The van der Waals surface area contributed by atoms with Gasteiger partial charge >= 0.3 is 0 Å². The van der Waals surface area contributed by atoms with E-state index in [1.807, 2.05) is 36.4 Å². The van der Waals surface area contributed by atoms with E-state index in [9.17, 15) is 4.79 Å². The van der Waals surface area contributed by atoms with Gasteiger partial charge in [-0.25, -0.2) is 0 Å². The molecule has 0 aliphatic carbocycles. The topological polar surface area (TPSA) is 65.2 Å². The molecular weight excluding hydrogens is 252 g/mol. The lowest BCUT2D eigenvalue weighted by Crippen LogP contribution is -2.07. The predicted molar refractivity (Wildman–Crippen MR) is 77.9 cm³/mol. The molecule has 1 heterocycles. The van der Waals surface area contributed by atoms with Gasteiger partial charge in [-0.1, -0.05) is 42.5 Å². The first-order valence-electron chi connectivity index (χ1n) is 6.30. The van der Waals surface area contributed by atoms with Gasteiger partial charge in [-0.3, -0.25) is 9.78 Å². The minimum Gasteiger partial charge on any atom is -0.487 e. The summed E-state index contributed by atoms with van der Waals surface area (Å²) in [6, 6.07) is 11.8. The van der Waals surface area contributed by atoms with Gasteiger partial charge in [-0.05, 0) is 17.2 Å². The number of ether oxygens (including phenoxy) is 1. The first-order valence-corrected chi connectivity index (χ1v) is 6.30. The van der Waals surface area contributed by atoms with Gasteiger partial charge in [0.25, 0.3) is 0 Å². The van der Waals surface area contributed by atoms with E-state index in [4.69, 9.17) is 10.5 Å². The number of pyridine rings is 1. The zero-order valence-corrected chi connectivity index (χ0v) is 11.0. The van der Waals surface area contributed by atoms with E-state index in [1.54, 1.807) is 24.5 Å². The summed E-state index contributed by atoms with van der Waals surface area (Å²) in [6.45, 7) is 0.497. The van der Waals surface area contributed by atoms with E-state index < -0.39 is 0 Å². The lowest BCUT2D eigenvalue weighted by Gasteiger charge is -2.06. The number of hydrogen-bond acceptors (Lipinski definition) is 3. The van der Waals surface area contributed by atoms with Crippen molar-refractivity contribution in [3.05, 3.63) is 66.0 Å². The van der Waals surface area contributed by atoms with Crippen molar-refractivity contribution in [3.8, 4) is 5.75 Å². The van der Waals surface area contributed by atoms with Crippen molar-refractivity contribution in [1.29, 1.82) is 0 Å². The van der Waals surface area contributed by atoms with Crippen LogP contribution in [0.3, 0.4) is 0 Å². The third kappa shape index (κ3) is 4.57. The Bertz CT molecular complexity index is 594. The molecule has 1 aromatic heterocycles. The molecule has 102 valence electrons. The molecule has 0 unspecified atom stereocenters. The number of primary amides is 1. The van der Waals surface area contributed by atoms with Crippen LogP contribution in [0.25, 0.3) is 6.08 Å². The van der Waals surface area contributed by atoms with E-state index in [2.05, 4.69) is 4.98 Å². The predicted octanol–water partition coefficient (Wildman–Crippen LogP) is 2.55. The Kier molecular flexibility index (Phi) is 4.89. The summed E-state index contributed by atoms with van der Waals surface area (Å²) in [7, 11) is 0. The van der Waals surface area contributed by atoms with Crippen LogP contribution in [-0.2, 0) is 11.4 Å². The smallest absolute Gasteiger partial charge is 0.221 e. The molecule has 0 aliphatic rings. The first kappa shape index (κ1) is 13.8. The van der Waals surface area contributed by atoms with Crippen LogP contribution in [0.4, 0.5) is 0 Å².